The highest BCUT2D eigenvalue weighted by molar-refractivity contribution is 6.30. The predicted octanol–water partition coefficient (Wildman–Crippen LogP) is 3.03. The Bertz CT molecular complexity index is 1050. The van der Waals surface area contributed by atoms with E-state index in [9.17, 15) is 9.18 Å². The second-order valence-electron chi connectivity index (χ2n) is 9.43. The van der Waals surface area contributed by atoms with Gasteiger partial charge in [-0.3, -0.25) is 0 Å². The van der Waals surface area contributed by atoms with Crippen LogP contribution in [0.5, 0.6) is 0 Å². The summed E-state index contributed by atoms with van der Waals surface area (Å²) >= 11 is 6.02. The Morgan fingerprint density at radius 2 is 2.09 bits per heavy atom. The first-order chi connectivity index (χ1) is 16.5. The minimum Gasteiger partial charge on any atom is -0.381 e. The third kappa shape index (κ3) is 5.11. The quantitative estimate of drug-likeness (QED) is 0.688. The highest BCUT2D eigenvalue weighted by atomic mass is 35.5. The molecule has 2 amide bonds. The topological polar surface area (TPSA) is 82.6 Å². The molecule has 0 bridgehead atoms. The summed E-state index contributed by atoms with van der Waals surface area (Å²) in [5.74, 6) is 0.220. The zero-order chi connectivity index (χ0) is 23.7. The number of benzene rings is 1. The van der Waals surface area contributed by atoms with E-state index in [1.807, 2.05) is 13.2 Å². The highest BCUT2D eigenvalue weighted by Crippen LogP contribution is 2.30. The minimum atomic E-state index is -0.433. The van der Waals surface area contributed by atoms with Gasteiger partial charge in [-0.25, -0.2) is 19.2 Å². The predicted molar refractivity (Wildman–Crippen MR) is 128 cm³/mol. The Hall–Kier alpha value is -2.49. The molecule has 1 aromatic carbocycles. The number of hydrogen-bond acceptors (Lipinski definition) is 6. The first-order valence-corrected chi connectivity index (χ1v) is 12.2. The number of nitrogens with one attached hydrogen (secondary N) is 2. The number of halogens is 2. The van der Waals surface area contributed by atoms with Gasteiger partial charge in [-0.2, -0.15) is 0 Å². The zero-order valence-corrected chi connectivity index (χ0v) is 20.0. The number of nitrogens with zero attached hydrogens (tertiary/aromatic N) is 4. The first kappa shape index (κ1) is 23.3. The average Bonchev–Trinajstić information content (AvgIpc) is 3.20. The molecule has 1 unspecified atom stereocenters. The second kappa shape index (κ2) is 10.0. The lowest BCUT2D eigenvalue weighted by molar-refractivity contribution is 0.0903. The molecular weight excluding hydrogens is 459 g/mol. The third-order valence-electron chi connectivity index (χ3n) is 6.97. The van der Waals surface area contributed by atoms with E-state index in [1.165, 1.54) is 6.07 Å². The molecule has 1 aromatic heterocycles. The summed E-state index contributed by atoms with van der Waals surface area (Å²) in [6, 6.07) is 4.93. The van der Waals surface area contributed by atoms with Crippen LogP contribution in [0.25, 0.3) is 0 Å². The van der Waals surface area contributed by atoms with Gasteiger partial charge in [0.15, 0.2) is 0 Å². The summed E-state index contributed by atoms with van der Waals surface area (Å²) in [5.41, 5.74) is 2.90. The number of fused-ring (bicyclic) bond motifs is 1. The van der Waals surface area contributed by atoms with Gasteiger partial charge in [0, 0.05) is 51.0 Å². The molecule has 0 aliphatic carbocycles. The lowest BCUT2D eigenvalue weighted by Gasteiger charge is -2.31. The van der Waals surface area contributed by atoms with Gasteiger partial charge in [-0.1, -0.05) is 17.7 Å². The van der Waals surface area contributed by atoms with Crippen LogP contribution in [0.15, 0.2) is 24.4 Å². The van der Waals surface area contributed by atoms with Crippen LogP contribution >= 0.6 is 11.6 Å². The molecule has 182 valence electrons. The van der Waals surface area contributed by atoms with Gasteiger partial charge in [0.25, 0.3) is 0 Å². The van der Waals surface area contributed by atoms with Crippen molar-refractivity contribution in [3.8, 4) is 0 Å². The molecule has 0 saturated carbocycles. The van der Waals surface area contributed by atoms with Crippen molar-refractivity contribution in [3.05, 3.63) is 52.1 Å². The monoisotopic (exact) mass is 488 g/mol. The number of likely N-dealkylation sites (tertiary alicyclic amines) is 1. The van der Waals surface area contributed by atoms with Crippen molar-refractivity contribution in [2.75, 3.05) is 45.2 Å². The number of carbonyl (C=O) groups excluding carboxylic acids is 1. The Morgan fingerprint density at radius 1 is 1.26 bits per heavy atom. The lowest BCUT2D eigenvalue weighted by atomic mass is 9.94. The van der Waals surface area contributed by atoms with Crippen LogP contribution in [0.3, 0.4) is 0 Å². The van der Waals surface area contributed by atoms with Gasteiger partial charge in [0.2, 0.25) is 5.95 Å². The summed E-state index contributed by atoms with van der Waals surface area (Å²) in [6.07, 6.45) is 4.47. The van der Waals surface area contributed by atoms with Gasteiger partial charge in [-0.05, 0) is 49.6 Å². The van der Waals surface area contributed by atoms with E-state index < -0.39 is 5.82 Å². The molecule has 0 spiro atoms. The van der Waals surface area contributed by atoms with Crippen LogP contribution in [-0.4, -0.2) is 77.8 Å². The molecule has 3 aliphatic rings. The van der Waals surface area contributed by atoms with Crippen molar-refractivity contribution in [2.45, 2.75) is 43.8 Å². The molecule has 10 heteroatoms. The highest BCUT2D eigenvalue weighted by Gasteiger charge is 2.35. The van der Waals surface area contributed by atoms with Gasteiger partial charge in [0.05, 0.1) is 23.3 Å². The van der Waals surface area contributed by atoms with Crippen LogP contribution in [-0.2, 0) is 17.7 Å². The minimum absolute atomic E-state index is 0.0433. The molecule has 0 radical (unpaired) electrons. The summed E-state index contributed by atoms with van der Waals surface area (Å²) < 4.78 is 19.1. The van der Waals surface area contributed by atoms with E-state index in [1.54, 1.807) is 17.0 Å². The number of urea groups is 1. The van der Waals surface area contributed by atoms with Crippen LogP contribution in [0.2, 0.25) is 5.02 Å². The Morgan fingerprint density at radius 3 is 2.88 bits per heavy atom. The van der Waals surface area contributed by atoms with Gasteiger partial charge >= 0.3 is 6.03 Å². The number of rotatable bonds is 4. The number of likely N-dealkylation sites (N-methyl/N-ethyl adjacent to an activating group) is 1. The fourth-order valence-corrected chi connectivity index (χ4v) is 5.24. The first-order valence-electron chi connectivity index (χ1n) is 11.8. The summed E-state index contributed by atoms with van der Waals surface area (Å²) in [6.45, 7) is 4.05. The third-order valence-corrected chi connectivity index (χ3v) is 7.26. The molecule has 34 heavy (non-hydrogen) atoms. The maximum Gasteiger partial charge on any atom is 0.318 e. The van der Waals surface area contributed by atoms with Crippen LogP contribution in [0.4, 0.5) is 15.1 Å². The number of aromatic nitrogens is 2. The molecule has 8 nitrogen and oxygen atoms in total. The largest absolute Gasteiger partial charge is 0.381 e. The molecule has 3 aliphatic heterocycles. The van der Waals surface area contributed by atoms with E-state index >= 15 is 0 Å². The fraction of sp³-hybridized carbons (Fsp3) is 0.542. The molecule has 2 atom stereocenters. The molecule has 5 rings (SSSR count). The van der Waals surface area contributed by atoms with Gasteiger partial charge in [-0.15, -0.1) is 0 Å². The number of amides is 2. The molecule has 2 fully saturated rings. The molecule has 2 saturated heterocycles. The van der Waals surface area contributed by atoms with E-state index in [0.29, 0.717) is 25.1 Å². The number of carbonyl (C=O) groups is 1. The number of anilines is 1. The van der Waals surface area contributed by atoms with Crippen molar-refractivity contribution in [2.24, 2.45) is 0 Å². The second-order valence-corrected chi connectivity index (χ2v) is 9.83. The van der Waals surface area contributed by atoms with Crippen molar-refractivity contribution >= 4 is 23.6 Å². The van der Waals surface area contributed by atoms with Gasteiger partial charge in [0.1, 0.15) is 5.82 Å². The summed E-state index contributed by atoms with van der Waals surface area (Å²) in [7, 11) is 2.02. The number of hydrogen-bond donors (Lipinski definition) is 2. The van der Waals surface area contributed by atoms with Crippen LogP contribution in [0, 0.1) is 5.82 Å². The van der Waals surface area contributed by atoms with Crippen LogP contribution in [0.1, 0.15) is 35.6 Å². The van der Waals surface area contributed by atoms with Crippen molar-refractivity contribution in [1.82, 2.24) is 25.1 Å². The molecular formula is C24H30ClFN6O2. The Kier molecular flexibility index (Phi) is 6.85. The molecule has 2 aromatic rings. The smallest absolute Gasteiger partial charge is 0.318 e. The van der Waals surface area contributed by atoms with E-state index in [2.05, 4.69) is 20.5 Å². The van der Waals surface area contributed by atoms with E-state index in [0.717, 1.165) is 62.4 Å². The summed E-state index contributed by atoms with van der Waals surface area (Å²) in [5, 5.41) is 6.72. The fourth-order valence-electron chi connectivity index (χ4n) is 5.05. The van der Waals surface area contributed by atoms with Crippen LogP contribution < -0.4 is 10.6 Å². The normalized spacial score (nSPS) is 23.6. The maximum absolute atomic E-state index is 13.7. The van der Waals surface area contributed by atoms with E-state index in [4.69, 9.17) is 21.3 Å². The molecule has 2 N–H and O–H groups in total. The Labute approximate surface area is 203 Å². The number of ether oxygens (including phenoxy) is 1. The van der Waals surface area contributed by atoms with Crippen molar-refractivity contribution in [1.29, 1.82) is 0 Å². The average molecular weight is 489 g/mol. The standard InChI is InChI=1S/C24H30ClFN6O2/c1-31-12-18(15-2-3-20(26)19(25)10-15)22(13-31)30-24(33)32-7-4-16-11-27-23(29-21(16)14-32)28-17-5-8-34-9-6-17/h2-3,10-11,17-18,22H,4-9,12-14H2,1H3,(H,30,33)(H,27,28,29)/t18-,22?/m1/s1. The van der Waals surface area contributed by atoms with E-state index in [-0.39, 0.29) is 23.0 Å². The van der Waals surface area contributed by atoms with Gasteiger partial charge < -0.3 is 25.2 Å². The SMILES string of the molecule is CN1CC(NC(=O)N2CCc3cnc(NC4CCOCC4)nc3C2)[C@@H](c2ccc(F)c(Cl)c2)C1. The lowest BCUT2D eigenvalue weighted by Crippen LogP contribution is -2.49. The molecule has 4 heterocycles. The Balaban J connectivity index is 1.24. The van der Waals surface area contributed by atoms with Crippen molar-refractivity contribution in [3.63, 3.8) is 0 Å². The van der Waals surface area contributed by atoms with Crippen molar-refractivity contribution < 1.29 is 13.9 Å². The maximum atomic E-state index is 13.7. The summed E-state index contributed by atoms with van der Waals surface area (Å²) in [4.78, 5) is 26.4. The zero-order valence-electron chi connectivity index (χ0n) is 19.3.